The van der Waals surface area contributed by atoms with Crippen molar-refractivity contribution in [2.75, 3.05) is 6.54 Å². The molecule has 94 valence electrons. The fraction of sp³-hybridized carbons (Fsp3) is 0.500. The zero-order valence-corrected chi connectivity index (χ0v) is 10.3. The van der Waals surface area contributed by atoms with Crippen LogP contribution in [0.3, 0.4) is 0 Å². The summed E-state index contributed by atoms with van der Waals surface area (Å²) in [5.41, 5.74) is 0.118. The molecule has 1 heterocycles. The fourth-order valence-electron chi connectivity index (χ4n) is 1.19. The van der Waals surface area contributed by atoms with Crippen molar-refractivity contribution < 1.29 is 14.6 Å². The first-order valence-corrected chi connectivity index (χ1v) is 5.43. The van der Waals surface area contributed by atoms with Crippen LogP contribution >= 0.6 is 0 Å². The van der Waals surface area contributed by atoms with Crippen molar-refractivity contribution in [3.8, 4) is 0 Å². The van der Waals surface area contributed by atoms with Gasteiger partial charge in [-0.05, 0) is 26.8 Å². The van der Waals surface area contributed by atoms with E-state index in [1.54, 1.807) is 45.3 Å². The van der Waals surface area contributed by atoms with Crippen LogP contribution in [0.25, 0.3) is 0 Å². The van der Waals surface area contributed by atoms with Crippen molar-refractivity contribution in [1.82, 2.24) is 10.3 Å². The molecule has 0 saturated heterocycles. The van der Waals surface area contributed by atoms with Crippen LogP contribution in [-0.2, 0) is 4.74 Å². The van der Waals surface area contributed by atoms with Gasteiger partial charge >= 0.3 is 6.09 Å². The number of aliphatic hydroxyl groups is 1. The molecule has 0 aliphatic rings. The van der Waals surface area contributed by atoms with E-state index in [-0.39, 0.29) is 6.54 Å². The molecule has 1 aromatic rings. The monoisotopic (exact) mass is 238 g/mol. The highest BCUT2D eigenvalue weighted by Gasteiger charge is 2.17. The fourth-order valence-corrected chi connectivity index (χ4v) is 1.19. The van der Waals surface area contributed by atoms with Gasteiger partial charge in [0, 0.05) is 18.0 Å². The maximum absolute atomic E-state index is 11.3. The van der Waals surface area contributed by atoms with Gasteiger partial charge in [-0.3, -0.25) is 4.98 Å². The molecule has 0 aromatic carbocycles. The SMILES string of the molecule is CC(C)(C)OC(=O)NC[C@H](O)c1cccnc1. The Morgan fingerprint density at radius 1 is 1.59 bits per heavy atom. The number of hydrogen-bond acceptors (Lipinski definition) is 4. The van der Waals surface area contributed by atoms with Gasteiger partial charge in [0.05, 0.1) is 12.6 Å². The van der Waals surface area contributed by atoms with Crippen LogP contribution in [-0.4, -0.2) is 28.3 Å². The quantitative estimate of drug-likeness (QED) is 0.839. The molecule has 0 unspecified atom stereocenters. The minimum Gasteiger partial charge on any atom is -0.444 e. The lowest BCUT2D eigenvalue weighted by atomic mass is 10.1. The third kappa shape index (κ3) is 5.31. The van der Waals surface area contributed by atoms with E-state index in [0.29, 0.717) is 5.56 Å². The second kappa shape index (κ2) is 5.63. The number of nitrogens with zero attached hydrogens (tertiary/aromatic N) is 1. The maximum Gasteiger partial charge on any atom is 0.407 e. The number of amides is 1. The molecular weight excluding hydrogens is 220 g/mol. The van der Waals surface area contributed by atoms with E-state index in [1.807, 2.05) is 0 Å². The van der Waals surface area contributed by atoms with Gasteiger partial charge in [-0.2, -0.15) is 0 Å². The Bertz CT molecular complexity index is 360. The molecular formula is C12H18N2O3. The largest absolute Gasteiger partial charge is 0.444 e. The van der Waals surface area contributed by atoms with Crippen molar-refractivity contribution in [3.63, 3.8) is 0 Å². The molecule has 1 amide bonds. The van der Waals surface area contributed by atoms with Crippen LogP contribution in [0.15, 0.2) is 24.5 Å². The summed E-state index contributed by atoms with van der Waals surface area (Å²) in [5, 5.41) is 12.3. The molecule has 5 heteroatoms. The molecule has 0 spiro atoms. The minimum atomic E-state index is -0.781. The lowest BCUT2D eigenvalue weighted by molar-refractivity contribution is 0.0491. The standard InChI is InChI=1S/C12H18N2O3/c1-12(2,3)17-11(16)14-8-10(15)9-5-4-6-13-7-9/h4-7,10,15H,8H2,1-3H3,(H,14,16)/t10-/m0/s1. The van der Waals surface area contributed by atoms with Gasteiger partial charge in [0.2, 0.25) is 0 Å². The van der Waals surface area contributed by atoms with Crippen molar-refractivity contribution in [1.29, 1.82) is 0 Å². The number of carbonyl (C=O) groups is 1. The third-order valence-corrected chi connectivity index (χ3v) is 1.91. The van der Waals surface area contributed by atoms with Gasteiger partial charge in [0.15, 0.2) is 0 Å². The number of rotatable bonds is 3. The molecule has 0 fully saturated rings. The highest BCUT2D eigenvalue weighted by atomic mass is 16.6. The summed E-state index contributed by atoms with van der Waals surface area (Å²) in [6.45, 7) is 5.44. The van der Waals surface area contributed by atoms with E-state index in [9.17, 15) is 9.90 Å². The van der Waals surface area contributed by atoms with Gasteiger partial charge in [-0.15, -0.1) is 0 Å². The Balaban J connectivity index is 2.39. The molecule has 0 radical (unpaired) electrons. The summed E-state index contributed by atoms with van der Waals surface area (Å²) in [5.74, 6) is 0. The predicted octanol–water partition coefficient (Wildman–Crippen LogP) is 1.64. The Morgan fingerprint density at radius 2 is 2.29 bits per heavy atom. The molecule has 1 aromatic heterocycles. The Kier molecular flexibility index (Phi) is 4.45. The summed E-state index contributed by atoms with van der Waals surface area (Å²) in [4.78, 5) is 15.2. The van der Waals surface area contributed by atoms with Crippen LogP contribution in [0.2, 0.25) is 0 Å². The molecule has 0 bridgehead atoms. The molecule has 0 aliphatic heterocycles. The van der Waals surface area contributed by atoms with Gasteiger partial charge in [-0.25, -0.2) is 4.79 Å². The van der Waals surface area contributed by atoms with Crippen molar-refractivity contribution in [3.05, 3.63) is 30.1 Å². The molecule has 1 atom stereocenters. The number of hydrogen-bond donors (Lipinski definition) is 2. The molecule has 0 saturated carbocycles. The van der Waals surface area contributed by atoms with Crippen molar-refractivity contribution >= 4 is 6.09 Å². The summed E-state index contributed by atoms with van der Waals surface area (Å²) in [6.07, 6.45) is 1.86. The van der Waals surface area contributed by atoms with Gasteiger partial charge in [0.25, 0.3) is 0 Å². The Hall–Kier alpha value is -1.62. The first-order valence-electron chi connectivity index (χ1n) is 5.43. The Morgan fingerprint density at radius 3 is 2.82 bits per heavy atom. The number of carbonyl (C=O) groups excluding carboxylic acids is 1. The average Bonchev–Trinajstić information content (AvgIpc) is 2.25. The maximum atomic E-state index is 11.3. The number of alkyl carbamates (subject to hydrolysis) is 1. The van der Waals surface area contributed by atoms with E-state index < -0.39 is 17.8 Å². The van der Waals surface area contributed by atoms with Crippen LogP contribution in [0, 0.1) is 0 Å². The topological polar surface area (TPSA) is 71.5 Å². The summed E-state index contributed by atoms with van der Waals surface area (Å²) >= 11 is 0. The molecule has 2 N–H and O–H groups in total. The number of ether oxygens (including phenoxy) is 1. The van der Waals surface area contributed by atoms with E-state index in [1.165, 1.54) is 0 Å². The number of pyridine rings is 1. The lowest BCUT2D eigenvalue weighted by Crippen LogP contribution is -2.34. The molecule has 5 nitrogen and oxygen atoms in total. The first-order chi connectivity index (χ1) is 7.88. The third-order valence-electron chi connectivity index (χ3n) is 1.91. The normalized spacial score (nSPS) is 12.9. The molecule has 0 aliphatic carbocycles. The van der Waals surface area contributed by atoms with E-state index in [4.69, 9.17) is 4.74 Å². The van der Waals surface area contributed by atoms with E-state index >= 15 is 0 Å². The minimum absolute atomic E-state index is 0.0978. The Labute approximate surface area is 101 Å². The van der Waals surface area contributed by atoms with Gasteiger partial charge in [0.1, 0.15) is 5.60 Å². The first kappa shape index (κ1) is 13.4. The van der Waals surface area contributed by atoms with Crippen LogP contribution < -0.4 is 5.32 Å². The van der Waals surface area contributed by atoms with Crippen LogP contribution in [0.1, 0.15) is 32.4 Å². The lowest BCUT2D eigenvalue weighted by Gasteiger charge is -2.20. The zero-order valence-electron chi connectivity index (χ0n) is 10.3. The number of nitrogens with one attached hydrogen (secondary N) is 1. The van der Waals surface area contributed by atoms with Gasteiger partial charge < -0.3 is 15.2 Å². The highest BCUT2D eigenvalue weighted by molar-refractivity contribution is 5.67. The predicted molar refractivity (Wildman–Crippen MR) is 63.4 cm³/mol. The molecule has 17 heavy (non-hydrogen) atoms. The summed E-state index contributed by atoms with van der Waals surface area (Å²) in [6, 6.07) is 3.47. The van der Waals surface area contributed by atoms with Crippen LogP contribution in [0.4, 0.5) is 4.79 Å². The smallest absolute Gasteiger partial charge is 0.407 e. The zero-order chi connectivity index (χ0) is 12.9. The second-order valence-corrected chi connectivity index (χ2v) is 4.68. The number of aliphatic hydroxyl groups excluding tert-OH is 1. The van der Waals surface area contributed by atoms with Crippen LogP contribution in [0.5, 0.6) is 0 Å². The van der Waals surface area contributed by atoms with E-state index in [2.05, 4.69) is 10.3 Å². The summed E-state index contributed by atoms with van der Waals surface area (Å²) in [7, 11) is 0. The van der Waals surface area contributed by atoms with Crippen molar-refractivity contribution in [2.45, 2.75) is 32.5 Å². The molecule has 1 rings (SSSR count). The highest BCUT2D eigenvalue weighted by Crippen LogP contribution is 2.10. The van der Waals surface area contributed by atoms with E-state index in [0.717, 1.165) is 0 Å². The summed E-state index contributed by atoms with van der Waals surface area (Å²) < 4.78 is 5.05. The van der Waals surface area contributed by atoms with Crippen molar-refractivity contribution in [2.24, 2.45) is 0 Å². The number of aromatic nitrogens is 1. The average molecular weight is 238 g/mol. The van der Waals surface area contributed by atoms with Gasteiger partial charge in [-0.1, -0.05) is 6.07 Å². The second-order valence-electron chi connectivity index (χ2n) is 4.68.